The molecule has 1 aromatic heterocycles. The Kier molecular flexibility index (Phi) is 3.97. The minimum absolute atomic E-state index is 0.0651. The van der Waals surface area contributed by atoms with Crippen molar-refractivity contribution in [1.82, 2.24) is 9.78 Å². The van der Waals surface area contributed by atoms with Crippen molar-refractivity contribution < 1.29 is 4.79 Å². The van der Waals surface area contributed by atoms with E-state index in [1.165, 1.54) is 4.68 Å². The number of nitrogens with one attached hydrogen (secondary N) is 1. The molecule has 0 spiro atoms. The summed E-state index contributed by atoms with van der Waals surface area (Å²) in [5.41, 5.74) is 7.36. The van der Waals surface area contributed by atoms with Gasteiger partial charge in [0.25, 0.3) is 0 Å². The van der Waals surface area contributed by atoms with Gasteiger partial charge in [-0.2, -0.15) is 5.10 Å². The number of nitrogen functional groups attached to an aromatic ring is 1. The molecule has 1 amide bonds. The zero-order chi connectivity index (χ0) is 14.0. The molecule has 0 saturated heterocycles. The van der Waals surface area contributed by atoms with Crippen molar-refractivity contribution in [3.05, 3.63) is 40.1 Å². The van der Waals surface area contributed by atoms with Gasteiger partial charge in [0.1, 0.15) is 6.54 Å². The predicted octanol–water partition coefficient (Wildman–Crippen LogP) is 2.72. The summed E-state index contributed by atoms with van der Waals surface area (Å²) in [4.78, 5) is 11.8. The number of hydrogen-bond acceptors (Lipinski definition) is 3. The average molecular weight is 299 g/mol. The number of anilines is 2. The Bertz CT molecular complexity index is 605. The highest BCUT2D eigenvalue weighted by molar-refractivity contribution is 6.31. The van der Waals surface area contributed by atoms with Crippen molar-refractivity contribution in [2.24, 2.45) is 0 Å². The molecule has 0 bridgehead atoms. The van der Waals surface area contributed by atoms with Gasteiger partial charge in [0.05, 0.1) is 22.1 Å². The molecule has 1 heterocycles. The number of nitrogens with zero attached hydrogens (tertiary/aromatic N) is 2. The number of halogens is 2. The fourth-order valence-electron chi connectivity index (χ4n) is 1.56. The quantitative estimate of drug-likeness (QED) is 0.856. The summed E-state index contributed by atoms with van der Waals surface area (Å²) >= 11 is 11.6. The van der Waals surface area contributed by atoms with E-state index < -0.39 is 0 Å². The minimum Gasteiger partial charge on any atom is -0.397 e. The average Bonchev–Trinajstić information content (AvgIpc) is 2.62. The molecule has 19 heavy (non-hydrogen) atoms. The highest BCUT2D eigenvalue weighted by Crippen LogP contribution is 2.22. The van der Waals surface area contributed by atoms with Crippen LogP contribution in [0.1, 0.15) is 5.69 Å². The molecular weight excluding hydrogens is 287 g/mol. The van der Waals surface area contributed by atoms with Gasteiger partial charge in [0, 0.05) is 11.2 Å². The molecule has 5 nitrogen and oxygen atoms in total. The summed E-state index contributed by atoms with van der Waals surface area (Å²) in [6.07, 6.45) is 1.60. The van der Waals surface area contributed by atoms with Gasteiger partial charge in [-0.15, -0.1) is 0 Å². The van der Waals surface area contributed by atoms with Crippen molar-refractivity contribution in [1.29, 1.82) is 0 Å². The van der Waals surface area contributed by atoms with E-state index in [-0.39, 0.29) is 12.5 Å². The number of amides is 1. The number of rotatable bonds is 3. The van der Waals surface area contributed by atoms with Crippen LogP contribution in [0.5, 0.6) is 0 Å². The summed E-state index contributed by atoms with van der Waals surface area (Å²) in [5.74, 6) is -0.242. The largest absolute Gasteiger partial charge is 0.397 e. The molecule has 3 N–H and O–H groups in total. The lowest BCUT2D eigenvalue weighted by Crippen LogP contribution is -2.19. The number of carbonyl (C=O) groups is 1. The van der Waals surface area contributed by atoms with E-state index in [1.54, 1.807) is 31.3 Å². The Labute approximate surface area is 120 Å². The van der Waals surface area contributed by atoms with Crippen LogP contribution < -0.4 is 11.1 Å². The Hall–Kier alpha value is -1.72. The molecule has 7 heteroatoms. The molecule has 0 radical (unpaired) electrons. The maximum absolute atomic E-state index is 11.8. The molecule has 100 valence electrons. The highest BCUT2D eigenvalue weighted by Gasteiger charge is 2.09. The second kappa shape index (κ2) is 5.50. The first-order valence-corrected chi connectivity index (χ1v) is 6.25. The van der Waals surface area contributed by atoms with Crippen molar-refractivity contribution >= 4 is 40.5 Å². The van der Waals surface area contributed by atoms with Crippen LogP contribution in [0.25, 0.3) is 0 Å². The molecule has 2 aromatic rings. The number of benzene rings is 1. The van der Waals surface area contributed by atoms with E-state index in [9.17, 15) is 4.79 Å². The standard InChI is InChI=1S/C12H12Cl2N4O/c1-7-9(14)5-18(17-7)6-12(19)16-11-3-2-8(13)4-10(11)15/h2-5H,6,15H2,1H3,(H,16,19). The Morgan fingerprint density at radius 3 is 2.79 bits per heavy atom. The van der Waals surface area contributed by atoms with Gasteiger partial charge in [-0.3, -0.25) is 9.48 Å². The van der Waals surface area contributed by atoms with Crippen molar-refractivity contribution in [3.8, 4) is 0 Å². The zero-order valence-electron chi connectivity index (χ0n) is 10.2. The van der Waals surface area contributed by atoms with Crippen LogP contribution in [-0.2, 0) is 11.3 Å². The lowest BCUT2D eigenvalue weighted by molar-refractivity contribution is -0.116. The van der Waals surface area contributed by atoms with E-state index in [0.29, 0.717) is 27.1 Å². The molecule has 0 aliphatic rings. The number of hydrogen-bond donors (Lipinski definition) is 2. The van der Waals surface area contributed by atoms with Gasteiger partial charge in [-0.25, -0.2) is 0 Å². The van der Waals surface area contributed by atoms with E-state index in [4.69, 9.17) is 28.9 Å². The first-order chi connectivity index (χ1) is 8.95. The van der Waals surface area contributed by atoms with E-state index >= 15 is 0 Å². The van der Waals surface area contributed by atoms with Crippen LogP contribution >= 0.6 is 23.2 Å². The van der Waals surface area contributed by atoms with Crippen molar-refractivity contribution in [2.75, 3.05) is 11.1 Å². The summed E-state index contributed by atoms with van der Waals surface area (Å²) in [6, 6.07) is 4.88. The van der Waals surface area contributed by atoms with Gasteiger partial charge >= 0.3 is 0 Å². The van der Waals surface area contributed by atoms with E-state index in [1.807, 2.05) is 0 Å². The summed E-state index contributed by atoms with van der Waals surface area (Å²) in [6.45, 7) is 1.84. The molecule has 1 aromatic carbocycles. The third-order valence-electron chi connectivity index (χ3n) is 2.48. The smallest absolute Gasteiger partial charge is 0.246 e. The van der Waals surface area contributed by atoms with Crippen LogP contribution in [0.2, 0.25) is 10.0 Å². The third kappa shape index (κ3) is 3.39. The summed E-state index contributed by atoms with van der Waals surface area (Å²) in [5, 5.41) is 7.83. The highest BCUT2D eigenvalue weighted by atomic mass is 35.5. The third-order valence-corrected chi connectivity index (χ3v) is 3.09. The normalized spacial score (nSPS) is 10.5. The van der Waals surface area contributed by atoms with Gasteiger partial charge in [0.15, 0.2) is 0 Å². The van der Waals surface area contributed by atoms with Crippen LogP contribution in [0, 0.1) is 6.92 Å². The molecule has 2 rings (SSSR count). The fraction of sp³-hybridized carbons (Fsp3) is 0.167. The zero-order valence-corrected chi connectivity index (χ0v) is 11.7. The molecule has 0 saturated carbocycles. The first kappa shape index (κ1) is 13.7. The van der Waals surface area contributed by atoms with Gasteiger partial charge in [-0.1, -0.05) is 23.2 Å². The molecule has 0 aliphatic carbocycles. The molecule has 0 unspecified atom stereocenters. The Morgan fingerprint density at radius 1 is 1.47 bits per heavy atom. The molecule has 0 aliphatic heterocycles. The van der Waals surface area contributed by atoms with Crippen molar-refractivity contribution in [3.63, 3.8) is 0 Å². The van der Waals surface area contributed by atoms with Crippen LogP contribution in [-0.4, -0.2) is 15.7 Å². The van der Waals surface area contributed by atoms with Gasteiger partial charge in [0.2, 0.25) is 5.91 Å². The topological polar surface area (TPSA) is 72.9 Å². The number of aryl methyl sites for hydroxylation is 1. The van der Waals surface area contributed by atoms with Crippen LogP contribution in [0.3, 0.4) is 0 Å². The molecule has 0 atom stereocenters. The lowest BCUT2D eigenvalue weighted by atomic mass is 10.2. The number of nitrogens with two attached hydrogens (primary N) is 1. The van der Waals surface area contributed by atoms with Gasteiger partial charge in [-0.05, 0) is 25.1 Å². The van der Waals surface area contributed by atoms with Gasteiger partial charge < -0.3 is 11.1 Å². The maximum atomic E-state index is 11.8. The fourth-order valence-corrected chi connectivity index (χ4v) is 1.89. The Morgan fingerprint density at radius 2 is 2.21 bits per heavy atom. The van der Waals surface area contributed by atoms with E-state index in [2.05, 4.69) is 10.4 Å². The predicted molar refractivity (Wildman–Crippen MR) is 76.5 cm³/mol. The van der Waals surface area contributed by atoms with Crippen LogP contribution in [0.15, 0.2) is 24.4 Å². The lowest BCUT2D eigenvalue weighted by Gasteiger charge is -2.08. The SMILES string of the molecule is Cc1nn(CC(=O)Nc2ccc(Cl)cc2N)cc1Cl. The molecular formula is C12H12Cl2N4O. The number of aromatic nitrogens is 2. The maximum Gasteiger partial charge on any atom is 0.246 e. The molecule has 0 fully saturated rings. The number of carbonyl (C=O) groups excluding carboxylic acids is 1. The van der Waals surface area contributed by atoms with Crippen molar-refractivity contribution in [2.45, 2.75) is 13.5 Å². The first-order valence-electron chi connectivity index (χ1n) is 5.50. The second-order valence-electron chi connectivity index (χ2n) is 4.04. The monoisotopic (exact) mass is 298 g/mol. The second-order valence-corrected chi connectivity index (χ2v) is 4.88. The summed E-state index contributed by atoms with van der Waals surface area (Å²) < 4.78 is 1.47. The minimum atomic E-state index is -0.242. The van der Waals surface area contributed by atoms with E-state index in [0.717, 1.165) is 0 Å². The Balaban J connectivity index is 2.05. The van der Waals surface area contributed by atoms with Crippen LogP contribution in [0.4, 0.5) is 11.4 Å². The summed E-state index contributed by atoms with van der Waals surface area (Å²) in [7, 11) is 0.